The molecule has 1 aliphatic rings. The molecule has 102 valence electrons. The van der Waals surface area contributed by atoms with Crippen molar-refractivity contribution >= 4 is 17.6 Å². The molecule has 1 aliphatic heterocycles. The molecule has 0 aromatic carbocycles. The van der Waals surface area contributed by atoms with Gasteiger partial charge in [0, 0.05) is 19.0 Å². The summed E-state index contributed by atoms with van der Waals surface area (Å²) in [6.45, 7) is 5.89. The number of nitrogens with zero attached hydrogens (tertiary/aromatic N) is 1. The van der Waals surface area contributed by atoms with Gasteiger partial charge in [0.05, 0.1) is 0 Å². The molecule has 1 heterocycles. The smallest absolute Gasteiger partial charge is 0.291 e. The molecular formula is C13H22N2O3. The van der Waals surface area contributed by atoms with Gasteiger partial charge in [-0.1, -0.05) is 20.8 Å². The van der Waals surface area contributed by atoms with Crippen LogP contribution in [-0.2, 0) is 14.4 Å². The van der Waals surface area contributed by atoms with Crippen LogP contribution in [0.25, 0.3) is 0 Å². The number of carbonyl (C=O) groups excluding carboxylic acids is 3. The van der Waals surface area contributed by atoms with Gasteiger partial charge in [-0.3, -0.25) is 14.4 Å². The van der Waals surface area contributed by atoms with Crippen LogP contribution >= 0.6 is 0 Å². The van der Waals surface area contributed by atoms with Crippen molar-refractivity contribution in [3.8, 4) is 0 Å². The Morgan fingerprint density at radius 2 is 1.94 bits per heavy atom. The number of hydrogen-bond donors (Lipinski definition) is 1. The minimum atomic E-state index is -0.660. The summed E-state index contributed by atoms with van der Waals surface area (Å²) < 4.78 is 0. The van der Waals surface area contributed by atoms with Crippen molar-refractivity contribution in [2.75, 3.05) is 13.6 Å². The first-order valence-corrected chi connectivity index (χ1v) is 6.42. The standard InChI is InChI=1S/C13H22N2O3/c1-5-13(2,3)10(16)12(18)15-8-6-7-9(15)11(17)14-4/h9H,5-8H2,1-4H3,(H,14,17)/t9-/m0/s1. The van der Waals surface area contributed by atoms with Gasteiger partial charge >= 0.3 is 0 Å². The first-order chi connectivity index (χ1) is 8.35. The maximum absolute atomic E-state index is 12.2. The third-order valence-corrected chi connectivity index (χ3v) is 3.76. The second kappa shape index (κ2) is 5.50. The summed E-state index contributed by atoms with van der Waals surface area (Å²) >= 11 is 0. The van der Waals surface area contributed by atoms with E-state index < -0.39 is 23.1 Å². The summed E-state index contributed by atoms with van der Waals surface area (Å²) in [5.74, 6) is -1.11. The molecule has 2 amide bonds. The predicted octanol–water partition coefficient (Wildman–Crippen LogP) is 0.729. The summed E-state index contributed by atoms with van der Waals surface area (Å²) in [4.78, 5) is 37.4. The van der Waals surface area contributed by atoms with Crippen LogP contribution in [-0.4, -0.2) is 42.1 Å². The zero-order valence-electron chi connectivity index (χ0n) is 11.6. The topological polar surface area (TPSA) is 66.5 Å². The maximum atomic E-state index is 12.2. The molecule has 0 saturated carbocycles. The number of ketones is 1. The van der Waals surface area contributed by atoms with Crippen LogP contribution in [0.4, 0.5) is 0 Å². The minimum Gasteiger partial charge on any atom is -0.357 e. The van der Waals surface area contributed by atoms with Gasteiger partial charge in [-0.25, -0.2) is 0 Å². The van der Waals surface area contributed by atoms with E-state index in [-0.39, 0.29) is 5.91 Å². The monoisotopic (exact) mass is 254 g/mol. The fraction of sp³-hybridized carbons (Fsp3) is 0.769. The Labute approximate surface area is 108 Å². The molecule has 1 atom stereocenters. The van der Waals surface area contributed by atoms with Crippen molar-refractivity contribution in [3.63, 3.8) is 0 Å². The van der Waals surface area contributed by atoms with E-state index >= 15 is 0 Å². The molecule has 1 saturated heterocycles. The largest absolute Gasteiger partial charge is 0.357 e. The van der Waals surface area contributed by atoms with Crippen molar-refractivity contribution in [3.05, 3.63) is 0 Å². The zero-order valence-corrected chi connectivity index (χ0v) is 11.6. The summed E-state index contributed by atoms with van der Waals surface area (Å²) in [6, 6.07) is -0.487. The van der Waals surface area contributed by atoms with Gasteiger partial charge in [0.25, 0.3) is 5.91 Å². The number of rotatable bonds is 4. The molecule has 0 radical (unpaired) electrons. The summed E-state index contributed by atoms with van der Waals surface area (Å²) in [5.41, 5.74) is -0.660. The number of hydrogen-bond acceptors (Lipinski definition) is 3. The maximum Gasteiger partial charge on any atom is 0.291 e. The Balaban J connectivity index is 2.84. The third kappa shape index (κ3) is 2.71. The highest BCUT2D eigenvalue weighted by molar-refractivity contribution is 6.38. The SMILES string of the molecule is CCC(C)(C)C(=O)C(=O)N1CCC[C@H]1C(=O)NC. The average Bonchev–Trinajstić information content (AvgIpc) is 2.85. The normalized spacial score (nSPS) is 19.8. The molecule has 1 rings (SSSR count). The van der Waals surface area contributed by atoms with Gasteiger partial charge < -0.3 is 10.2 Å². The number of amides is 2. The van der Waals surface area contributed by atoms with E-state index in [1.54, 1.807) is 20.9 Å². The van der Waals surface area contributed by atoms with E-state index in [1.165, 1.54) is 4.90 Å². The molecule has 0 aliphatic carbocycles. The summed E-state index contributed by atoms with van der Waals surface area (Å²) in [7, 11) is 1.54. The Kier molecular flexibility index (Phi) is 4.48. The lowest BCUT2D eigenvalue weighted by molar-refractivity contribution is -0.151. The molecule has 0 aromatic rings. The Morgan fingerprint density at radius 3 is 2.44 bits per heavy atom. The number of nitrogens with one attached hydrogen (secondary N) is 1. The van der Waals surface area contributed by atoms with Crippen molar-refractivity contribution in [2.24, 2.45) is 5.41 Å². The van der Waals surface area contributed by atoms with Gasteiger partial charge in [-0.05, 0) is 19.3 Å². The molecule has 18 heavy (non-hydrogen) atoms. The van der Waals surface area contributed by atoms with Crippen LogP contribution < -0.4 is 5.32 Å². The highest BCUT2D eigenvalue weighted by Crippen LogP contribution is 2.25. The fourth-order valence-electron chi connectivity index (χ4n) is 2.03. The molecule has 0 aromatic heterocycles. The first-order valence-electron chi connectivity index (χ1n) is 6.42. The quantitative estimate of drug-likeness (QED) is 0.752. The number of likely N-dealkylation sites (tertiary alicyclic amines) is 1. The highest BCUT2D eigenvalue weighted by atomic mass is 16.2. The van der Waals surface area contributed by atoms with Gasteiger partial charge in [-0.2, -0.15) is 0 Å². The van der Waals surface area contributed by atoms with Crippen LogP contribution in [0.15, 0.2) is 0 Å². The second-order valence-corrected chi connectivity index (χ2v) is 5.34. The van der Waals surface area contributed by atoms with Crippen LogP contribution in [0.5, 0.6) is 0 Å². The highest BCUT2D eigenvalue weighted by Gasteiger charge is 2.40. The van der Waals surface area contributed by atoms with E-state index in [1.807, 2.05) is 6.92 Å². The predicted molar refractivity (Wildman–Crippen MR) is 67.9 cm³/mol. The molecule has 0 unspecified atom stereocenters. The van der Waals surface area contributed by atoms with Gasteiger partial charge in [0.1, 0.15) is 6.04 Å². The average molecular weight is 254 g/mol. The number of carbonyl (C=O) groups is 3. The Bertz CT molecular complexity index is 363. The molecular weight excluding hydrogens is 232 g/mol. The van der Waals surface area contributed by atoms with E-state index in [9.17, 15) is 14.4 Å². The minimum absolute atomic E-state index is 0.192. The molecule has 1 fully saturated rings. The molecule has 0 spiro atoms. The van der Waals surface area contributed by atoms with Gasteiger partial charge in [0.2, 0.25) is 11.7 Å². The van der Waals surface area contributed by atoms with Crippen LogP contribution in [0.2, 0.25) is 0 Å². The molecule has 1 N–H and O–H groups in total. The van der Waals surface area contributed by atoms with E-state index in [4.69, 9.17) is 0 Å². The van der Waals surface area contributed by atoms with Gasteiger partial charge in [-0.15, -0.1) is 0 Å². The van der Waals surface area contributed by atoms with Crippen molar-refractivity contribution in [2.45, 2.75) is 46.1 Å². The third-order valence-electron chi connectivity index (χ3n) is 3.76. The number of Topliss-reactive ketones (excluding diaryl/α,β-unsaturated/α-hetero) is 1. The van der Waals surface area contributed by atoms with Gasteiger partial charge in [0.15, 0.2) is 0 Å². The van der Waals surface area contributed by atoms with Crippen molar-refractivity contribution < 1.29 is 14.4 Å². The molecule has 5 heteroatoms. The van der Waals surface area contributed by atoms with Crippen LogP contribution in [0.3, 0.4) is 0 Å². The molecule has 5 nitrogen and oxygen atoms in total. The lowest BCUT2D eigenvalue weighted by Gasteiger charge is -2.27. The lowest BCUT2D eigenvalue weighted by Crippen LogP contribution is -2.49. The van der Waals surface area contributed by atoms with Crippen molar-refractivity contribution in [1.82, 2.24) is 10.2 Å². The lowest BCUT2D eigenvalue weighted by atomic mass is 9.84. The van der Waals surface area contributed by atoms with E-state index in [2.05, 4.69) is 5.32 Å². The van der Waals surface area contributed by atoms with Crippen molar-refractivity contribution in [1.29, 1.82) is 0 Å². The zero-order chi connectivity index (χ0) is 13.9. The van der Waals surface area contributed by atoms with Crippen LogP contribution in [0.1, 0.15) is 40.0 Å². The second-order valence-electron chi connectivity index (χ2n) is 5.34. The Morgan fingerprint density at radius 1 is 1.33 bits per heavy atom. The first kappa shape index (κ1) is 14.7. The number of likely N-dealkylation sites (N-methyl/N-ethyl adjacent to an activating group) is 1. The fourth-order valence-corrected chi connectivity index (χ4v) is 2.03. The Hall–Kier alpha value is -1.39. The van der Waals surface area contributed by atoms with Crippen LogP contribution in [0, 0.1) is 5.41 Å². The molecule has 0 bridgehead atoms. The summed E-state index contributed by atoms with van der Waals surface area (Å²) in [6.07, 6.45) is 2.00. The van der Waals surface area contributed by atoms with E-state index in [0.717, 1.165) is 6.42 Å². The van der Waals surface area contributed by atoms with E-state index in [0.29, 0.717) is 19.4 Å². The summed E-state index contributed by atoms with van der Waals surface area (Å²) in [5, 5.41) is 2.54.